The second kappa shape index (κ2) is 9.95. The zero-order chi connectivity index (χ0) is 25.0. The van der Waals surface area contributed by atoms with Crippen molar-refractivity contribution in [2.45, 2.75) is 38.1 Å². The van der Waals surface area contributed by atoms with Gasteiger partial charge in [-0.2, -0.15) is 5.10 Å². The van der Waals surface area contributed by atoms with E-state index in [0.29, 0.717) is 24.4 Å². The summed E-state index contributed by atoms with van der Waals surface area (Å²) in [5.41, 5.74) is 6.47. The number of nitrogens with zero attached hydrogens (tertiary/aromatic N) is 3. The Morgan fingerprint density at radius 2 is 1.94 bits per heavy atom. The minimum atomic E-state index is -4.93. The number of rotatable bonds is 9. The van der Waals surface area contributed by atoms with Crippen molar-refractivity contribution in [1.29, 1.82) is 0 Å². The third-order valence-corrected chi connectivity index (χ3v) is 5.15. The van der Waals surface area contributed by atoms with Crippen molar-refractivity contribution >= 4 is 17.3 Å². The van der Waals surface area contributed by atoms with E-state index < -0.39 is 17.7 Å². The number of alkyl halides is 3. The first-order chi connectivity index (χ1) is 16.7. The van der Waals surface area contributed by atoms with E-state index in [-0.39, 0.29) is 23.4 Å². The van der Waals surface area contributed by atoms with Crippen LogP contribution in [0.2, 0.25) is 0 Å². The highest BCUT2D eigenvalue weighted by Crippen LogP contribution is 2.36. The Hall–Kier alpha value is -4.22. The predicted molar refractivity (Wildman–Crippen MR) is 124 cm³/mol. The number of hydrazone groups is 1. The molecule has 2 aromatic carbocycles. The van der Waals surface area contributed by atoms with E-state index in [1.165, 1.54) is 29.1 Å². The summed E-state index contributed by atoms with van der Waals surface area (Å²) in [7, 11) is 0. The van der Waals surface area contributed by atoms with E-state index in [2.05, 4.69) is 20.1 Å². The van der Waals surface area contributed by atoms with Gasteiger partial charge in [0.2, 0.25) is 0 Å². The summed E-state index contributed by atoms with van der Waals surface area (Å²) in [6.45, 7) is 0. The molecule has 9 nitrogen and oxygen atoms in total. The van der Waals surface area contributed by atoms with Crippen LogP contribution in [-0.4, -0.2) is 27.9 Å². The molecule has 12 heteroatoms. The van der Waals surface area contributed by atoms with Crippen molar-refractivity contribution in [3.63, 3.8) is 0 Å². The van der Waals surface area contributed by atoms with Gasteiger partial charge in [-0.05, 0) is 49.1 Å². The number of hydrogen-bond acceptors (Lipinski definition) is 7. The largest absolute Gasteiger partial charge is 0.573 e. The normalized spacial score (nSPS) is 14.0. The van der Waals surface area contributed by atoms with E-state index in [0.717, 1.165) is 24.5 Å². The Bertz CT molecular complexity index is 1270. The summed E-state index contributed by atoms with van der Waals surface area (Å²) >= 11 is 0. The molecular formula is C23H23F3N6O3. The fraction of sp³-hybridized carbons (Fsp3) is 0.261. The van der Waals surface area contributed by atoms with E-state index in [9.17, 15) is 18.0 Å². The van der Waals surface area contributed by atoms with Crippen molar-refractivity contribution in [1.82, 2.24) is 9.55 Å². The summed E-state index contributed by atoms with van der Waals surface area (Å²) < 4.78 is 50.0. The predicted octanol–water partition coefficient (Wildman–Crippen LogP) is 3.58. The van der Waals surface area contributed by atoms with Gasteiger partial charge in [-0.1, -0.05) is 12.1 Å². The number of halogens is 3. The Labute approximate surface area is 198 Å². The highest BCUT2D eigenvalue weighted by molar-refractivity contribution is 5.80. The molecular weight excluding hydrogens is 465 g/mol. The van der Waals surface area contributed by atoms with Gasteiger partial charge >= 0.3 is 6.36 Å². The smallest absolute Gasteiger partial charge is 0.490 e. The van der Waals surface area contributed by atoms with Crippen LogP contribution in [0.4, 0.5) is 24.7 Å². The van der Waals surface area contributed by atoms with E-state index >= 15 is 0 Å². The number of amidine groups is 1. The number of nitrogens with two attached hydrogens (primary N) is 2. The summed E-state index contributed by atoms with van der Waals surface area (Å²) in [5, 5.41) is 6.08. The van der Waals surface area contributed by atoms with Gasteiger partial charge in [-0.3, -0.25) is 9.36 Å². The number of anilines is 2. The summed E-state index contributed by atoms with van der Waals surface area (Å²) in [6.07, 6.45) is 0.695. The highest BCUT2D eigenvalue weighted by Gasteiger charge is 2.33. The molecule has 0 radical (unpaired) electrons. The number of nitrogens with one attached hydrogen (secondary N) is 1. The molecule has 1 heterocycles. The third kappa shape index (κ3) is 6.43. The maximum Gasteiger partial charge on any atom is 0.573 e. The minimum Gasteiger partial charge on any atom is -0.490 e. The van der Waals surface area contributed by atoms with Crippen LogP contribution >= 0.6 is 0 Å². The van der Waals surface area contributed by atoms with Crippen LogP contribution in [-0.2, 0) is 6.42 Å². The van der Waals surface area contributed by atoms with E-state index in [1.807, 2.05) is 12.1 Å². The second-order valence-corrected chi connectivity index (χ2v) is 7.89. The molecule has 4 rings (SSSR count). The van der Waals surface area contributed by atoms with Crippen molar-refractivity contribution in [2.24, 2.45) is 16.7 Å². The molecule has 0 bridgehead atoms. The van der Waals surface area contributed by atoms with Gasteiger partial charge in [0.25, 0.3) is 5.56 Å². The van der Waals surface area contributed by atoms with Crippen molar-refractivity contribution in [2.75, 3.05) is 5.32 Å². The van der Waals surface area contributed by atoms with Crippen molar-refractivity contribution in [3.8, 4) is 17.2 Å². The topological polar surface area (TPSA) is 130 Å². The zero-order valence-electron chi connectivity index (χ0n) is 18.5. The van der Waals surface area contributed by atoms with Crippen LogP contribution in [0.1, 0.15) is 24.8 Å². The molecule has 35 heavy (non-hydrogen) atoms. The lowest BCUT2D eigenvalue weighted by atomic mass is 10.1. The first-order valence-corrected chi connectivity index (χ1v) is 10.7. The van der Waals surface area contributed by atoms with Crippen LogP contribution in [0.5, 0.6) is 11.5 Å². The molecule has 1 aliphatic carbocycles. The van der Waals surface area contributed by atoms with Gasteiger partial charge in [0.05, 0.1) is 11.8 Å². The number of hydrogen-bond donors (Lipinski definition) is 3. The highest BCUT2D eigenvalue weighted by atomic mass is 19.4. The molecule has 5 N–H and O–H groups in total. The number of aryl methyl sites for hydroxylation is 1. The Kier molecular flexibility index (Phi) is 6.80. The molecule has 1 fully saturated rings. The van der Waals surface area contributed by atoms with Crippen LogP contribution in [0.25, 0.3) is 5.69 Å². The lowest BCUT2D eigenvalue weighted by Crippen LogP contribution is -2.22. The molecule has 1 aromatic heterocycles. The summed E-state index contributed by atoms with van der Waals surface area (Å²) in [6, 6.07) is 11.1. The quantitative estimate of drug-likeness (QED) is 0.182. The fourth-order valence-electron chi connectivity index (χ4n) is 3.26. The average Bonchev–Trinajstić information content (AvgIpc) is 3.64. The third-order valence-electron chi connectivity index (χ3n) is 5.15. The molecule has 0 unspecified atom stereocenters. The van der Waals surface area contributed by atoms with E-state index in [4.69, 9.17) is 16.3 Å². The van der Waals surface area contributed by atoms with Gasteiger partial charge in [-0.15, -0.1) is 13.2 Å². The lowest BCUT2D eigenvalue weighted by Gasteiger charge is -2.16. The Balaban J connectivity index is 1.57. The molecule has 0 aliphatic heterocycles. The number of aromatic nitrogens is 2. The fourth-order valence-corrected chi connectivity index (χ4v) is 3.26. The monoisotopic (exact) mass is 488 g/mol. The molecule has 184 valence electrons. The molecule has 3 aromatic rings. The van der Waals surface area contributed by atoms with Crippen LogP contribution in [0, 0.1) is 0 Å². The number of benzene rings is 2. The van der Waals surface area contributed by atoms with Crippen LogP contribution < -0.4 is 31.9 Å². The first kappa shape index (κ1) is 23.9. The van der Waals surface area contributed by atoms with Crippen molar-refractivity contribution < 1.29 is 22.6 Å². The van der Waals surface area contributed by atoms with Crippen LogP contribution in [0.15, 0.2) is 64.8 Å². The van der Waals surface area contributed by atoms with Gasteiger partial charge in [0.1, 0.15) is 11.6 Å². The second-order valence-electron chi connectivity index (χ2n) is 7.89. The lowest BCUT2D eigenvalue weighted by molar-refractivity contribution is -0.274. The molecule has 1 saturated carbocycles. The molecule has 0 spiro atoms. The molecule has 0 atom stereocenters. The average molecular weight is 488 g/mol. The maximum absolute atomic E-state index is 13.0. The minimum absolute atomic E-state index is 0.00641. The summed E-state index contributed by atoms with van der Waals surface area (Å²) in [5.74, 6) is 5.00. The summed E-state index contributed by atoms with van der Waals surface area (Å²) in [4.78, 5) is 17.0. The Morgan fingerprint density at radius 3 is 2.60 bits per heavy atom. The molecule has 0 amide bonds. The number of ether oxygens (including phenoxy) is 2. The van der Waals surface area contributed by atoms with Gasteiger partial charge in [0, 0.05) is 30.6 Å². The van der Waals surface area contributed by atoms with Crippen LogP contribution in [0.3, 0.4) is 0 Å². The van der Waals surface area contributed by atoms with Gasteiger partial charge in [0.15, 0.2) is 11.6 Å². The standard InChI is InChI=1S/C23H23F3N6O3/c24-23(25,26)35-19-13-17(34-16-6-7-16)8-9-18(19)30-21-22(33)32(12-11-29-21)15-4-1-14(2-5-15)3-10-20(27)31-28/h1-2,4-5,8-9,11-13,16H,3,6-7,10,28H2,(H2,27,31)(H,29,30). The van der Waals surface area contributed by atoms with Crippen molar-refractivity contribution in [3.05, 3.63) is 70.8 Å². The maximum atomic E-state index is 13.0. The zero-order valence-corrected chi connectivity index (χ0v) is 18.5. The molecule has 1 aliphatic rings. The van der Waals surface area contributed by atoms with Gasteiger partial charge < -0.3 is 26.4 Å². The van der Waals surface area contributed by atoms with Gasteiger partial charge in [-0.25, -0.2) is 4.98 Å². The first-order valence-electron chi connectivity index (χ1n) is 10.7. The van der Waals surface area contributed by atoms with E-state index in [1.54, 1.807) is 12.1 Å². The SMILES string of the molecule is N/N=C(\N)CCc1ccc(-n2ccnc(Nc3ccc(OC4CC4)cc3OC(F)(F)F)c2=O)cc1. The Morgan fingerprint density at radius 1 is 1.20 bits per heavy atom. The molecule has 0 saturated heterocycles.